The van der Waals surface area contributed by atoms with E-state index in [1.165, 1.54) is 0 Å². The molecule has 2 aliphatic rings. The Morgan fingerprint density at radius 2 is 1.95 bits per heavy atom. The third kappa shape index (κ3) is 4.08. The Bertz CT molecular complexity index is 1770. The molecule has 2 N–H and O–H groups in total. The number of nitrogens with one attached hydrogen (secondary N) is 2. The molecule has 2 aromatic heterocycles. The average Bonchev–Trinajstić information content (AvgIpc) is 3.63. The quantitative estimate of drug-likeness (QED) is 0.317. The molecule has 0 saturated heterocycles. The Balaban J connectivity index is 1.14. The number of amides is 2. The van der Waals surface area contributed by atoms with E-state index in [4.69, 9.17) is 19.2 Å². The zero-order valence-corrected chi connectivity index (χ0v) is 21.8. The van der Waals surface area contributed by atoms with Crippen molar-refractivity contribution in [3.8, 4) is 17.2 Å². The summed E-state index contributed by atoms with van der Waals surface area (Å²) in [6.45, 7) is 1.38. The zero-order chi connectivity index (χ0) is 27.2. The topological polar surface area (TPSA) is 111 Å². The molecule has 7 rings (SSSR count). The number of aromatic nitrogens is 3. The molecule has 2 aliphatic heterocycles. The van der Waals surface area contributed by atoms with Crippen LogP contribution in [0.2, 0.25) is 0 Å². The maximum Gasteiger partial charge on any atom is 0.253 e. The first-order chi connectivity index (χ1) is 19.6. The summed E-state index contributed by atoms with van der Waals surface area (Å²) in [5.41, 5.74) is 4.27. The molecule has 0 radical (unpaired) electrons. The number of carbonyl (C=O) groups excluding carboxylic acids is 2. The smallest absolute Gasteiger partial charge is 0.253 e. The minimum Gasteiger partial charge on any atom is -0.497 e. The van der Waals surface area contributed by atoms with Crippen molar-refractivity contribution in [3.05, 3.63) is 72.4 Å². The molecule has 40 heavy (non-hydrogen) atoms. The molecule has 4 heterocycles. The Morgan fingerprint density at radius 1 is 1.10 bits per heavy atom. The molecule has 0 bridgehead atoms. The third-order valence-electron chi connectivity index (χ3n) is 7.47. The van der Waals surface area contributed by atoms with Crippen molar-refractivity contribution in [2.24, 2.45) is 0 Å². The number of nitrogens with zero attached hydrogens (tertiary/aromatic N) is 3. The molecule has 202 valence electrons. The second-order valence-electron chi connectivity index (χ2n) is 9.86. The van der Waals surface area contributed by atoms with E-state index in [-0.39, 0.29) is 18.2 Å². The van der Waals surface area contributed by atoms with Gasteiger partial charge in [-0.2, -0.15) is 0 Å². The van der Waals surface area contributed by atoms with E-state index in [2.05, 4.69) is 10.3 Å². The van der Waals surface area contributed by atoms with Gasteiger partial charge in [0.15, 0.2) is 11.5 Å². The molecular formula is C30H27N5O5. The summed E-state index contributed by atoms with van der Waals surface area (Å²) in [6.07, 6.45) is 2.55. The molecule has 0 unspecified atom stereocenters. The Hall–Kier alpha value is -4.99. The number of para-hydroxylation sites is 2. The molecule has 0 saturated carbocycles. The van der Waals surface area contributed by atoms with E-state index < -0.39 is 6.04 Å². The van der Waals surface area contributed by atoms with Crippen molar-refractivity contribution < 1.29 is 23.8 Å². The summed E-state index contributed by atoms with van der Waals surface area (Å²) >= 11 is 0. The van der Waals surface area contributed by atoms with Crippen molar-refractivity contribution in [3.63, 3.8) is 0 Å². The van der Waals surface area contributed by atoms with E-state index >= 15 is 0 Å². The maximum atomic E-state index is 13.8. The second kappa shape index (κ2) is 9.64. The van der Waals surface area contributed by atoms with Gasteiger partial charge in [0.2, 0.25) is 11.9 Å². The lowest BCUT2D eigenvalue weighted by Crippen LogP contribution is -2.33. The Kier molecular flexibility index (Phi) is 5.80. The number of fused-ring (bicyclic) bond motifs is 5. The van der Waals surface area contributed by atoms with Gasteiger partial charge in [-0.15, -0.1) is 0 Å². The van der Waals surface area contributed by atoms with E-state index in [0.717, 1.165) is 33.2 Å². The first-order valence-corrected chi connectivity index (χ1v) is 13.2. The van der Waals surface area contributed by atoms with Crippen molar-refractivity contribution in [2.75, 3.05) is 37.1 Å². The lowest BCUT2D eigenvalue weighted by Gasteiger charge is -2.19. The minimum absolute atomic E-state index is 0.0264. The maximum absolute atomic E-state index is 13.8. The molecule has 5 aromatic rings. The third-order valence-corrected chi connectivity index (χ3v) is 7.47. The largest absolute Gasteiger partial charge is 0.497 e. The molecule has 0 fully saturated rings. The number of benzene rings is 3. The fraction of sp³-hybridized carbons (Fsp3) is 0.233. The van der Waals surface area contributed by atoms with Crippen molar-refractivity contribution in [2.45, 2.75) is 18.9 Å². The molecular weight excluding hydrogens is 510 g/mol. The van der Waals surface area contributed by atoms with E-state index in [1.807, 2.05) is 53.2 Å². The van der Waals surface area contributed by atoms with Crippen LogP contribution in [0, 0.1) is 0 Å². The van der Waals surface area contributed by atoms with Gasteiger partial charge in [-0.3, -0.25) is 19.1 Å². The SMILES string of the molecule is COc1ccc2[nH]cc(CCN3C(=O)[C@@H](CC(=O)Nc4ccc5c(c4)OCCO5)n4c3nc3ccccc34)c2c1. The van der Waals surface area contributed by atoms with Gasteiger partial charge in [0.1, 0.15) is 25.0 Å². The predicted molar refractivity (Wildman–Crippen MR) is 150 cm³/mol. The first kappa shape index (κ1) is 24.1. The van der Waals surface area contributed by atoms with E-state index in [1.54, 1.807) is 30.2 Å². The summed E-state index contributed by atoms with van der Waals surface area (Å²) in [7, 11) is 1.64. The van der Waals surface area contributed by atoms with Crippen LogP contribution in [-0.4, -0.2) is 53.2 Å². The van der Waals surface area contributed by atoms with Crippen LogP contribution < -0.4 is 24.4 Å². The highest BCUT2D eigenvalue weighted by Crippen LogP contribution is 2.38. The number of carbonyl (C=O) groups is 2. The predicted octanol–water partition coefficient (Wildman–Crippen LogP) is 4.46. The number of hydrogen-bond acceptors (Lipinski definition) is 6. The van der Waals surface area contributed by atoms with Crippen LogP contribution in [0.3, 0.4) is 0 Å². The van der Waals surface area contributed by atoms with E-state index in [0.29, 0.717) is 49.3 Å². The van der Waals surface area contributed by atoms with Crippen molar-refractivity contribution in [1.29, 1.82) is 0 Å². The molecule has 10 nitrogen and oxygen atoms in total. The standard InChI is InChI=1S/C30H27N5O5/c1-38-20-7-8-22-21(15-20)18(17-31-22)10-11-34-29(37)25(35-24-5-3-2-4-23(24)33-30(34)35)16-28(36)32-19-6-9-26-27(14-19)40-13-12-39-26/h2-9,14-15,17,25,31H,10-13,16H2,1H3,(H,32,36)/t25-/m1/s1. The van der Waals surface area contributed by atoms with Gasteiger partial charge in [-0.05, 0) is 54.4 Å². The van der Waals surface area contributed by atoms with Crippen LogP contribution >= 0.6 is 0 Å². The number of rotatable bonds is 7. The highest BCUT2D eigenvalue weighted by molar-refractivity contribution is 6.05. The Labute approximate surface area is 229 Å². The van der Waals surface area contributed by atoms with Crippen LogP contribution in [0.4, 0.5) is 11.6 Å². The fourth-order valence-electron chi connectivity index (χ4n) is 5.54. The monoisotopic (exact) mass is 537 g/mol. The van der Waals surface area contributed by atoms with Gasteiger partial charge in [-0.25, -0.2) is 4.98 Å². The number of ether oxygens (including phenoxy) is 3. The number of aromatic amines is 1. The van der Waals surface area contributed by atoms with Gasteiger partial charge >= 0.3 is 0 Å². The highest BCUT2D eigenvalue weighted by Gasteiger charge is 2.40. The van der Waals surface area contributed by atoms with Gasteiger partial charge < -0.3 is 24.5 Å². The summed E-state index contributed by atoms with van der Waals surface area (Å²) < 4.78 is 18.5. The lowest BCUT2D eigenvalue weighted by molar-refractivity contribution is -0.124. The van der Waals surface area contributed by atoms with Gasteiger partial charge in [0.25, 0.3) is 5.91 Å². The van der Waals surface area contributed by atoms with Gasteiger partial charge in [-0.1, -0.05) is 12.1 Å². The highest BCUT2D eigenvalue weighted by atomic mass is 16.6. The zero-order valence-electron chi connectivity index (χ0n) is 21.8. The summed E-state index contributed by atoms with van der Waals surface area (Å²) in [4.78, 5) is 36.8. The van der Waals surface area contributed by atoms with Gasteiger partial charge in [0.05, 0.1) is 24.6 Å². The average molecular weight is 538 g/mol. The molecule has 3 aromatic carbocycles. The summed E-state index contributed by atoms with van der Waals surface area (Å²) in [6, 6.07) is 18.1. The second-order valence-corrected chi connectivity index (χ2v) is 9.86. The summed E-state index contributed by atoms with van der Waals surface area (Å²) in [5.74, 6) is 2.14. The number of methoxy groups -OCH3 is 1. The number of anilines is 2. The fourth-order valence-corrected chi connectivity index (χ4v) is 5.54. The lowest BCUT2D eigenvalue weighted by atomic mass is 10.1. The number of H-pyrrole nitrogens is 1. The van der Waals surface area contributed by atoms with Crippen LogP contribution in [0.1, 0.15) is 18.0 Å². The number of imidazole rings is 1. The van der Waals surface area contributed by atoms with Crippen molar-refractivity contribution in [1.82, 2.24) is 14.5 Å². The first-order valence-electron chi connectivity index (χ1n) is 13.2. The van der Waals surface area contributed by atoms with E-state index in [9.17, 15) is 9.59 Å². The van der Waals surface area contributed by atoms with Crippen LogP contribution in [-0.2, 0) is 16.0 Å². The van der Waals surface area contributed by atoms with Crippen LogP contribution in [0.5, 0.6) is 17.2 Å². The normalized spacial score (nSPS) is 16.0. The number of hydrogen-bond donors (Lipinski definition) is 2. The Morgan fingerprint density at radius 3 is 2.83 bits per heavy atom. The minimum atomic E-state index is -0.706. The van der Waals surface area contributed by atoms with Crippen molar-refractivity contribution >= 4 is 45.4 Å². The molecule has 0 aliphatic carbocycles. The molecule has 10 heteroatoms. The van der Waals surface area contributed by atoms with Gasteiger partial charge in [0, 0.05) is 35.4 Å². The molecule has 0 spiro atoms. The summed E-state index contributed by atoms with van der Waals surface area (Å²) in [5, 5.41) is 3.97. The molecule has 1 atom stereocenters. The van der Waals surface area contributed by atoms with Crippen LogP contribution in [0.15, 0.2) is 66.9 Å². The molecule has 2 amide bonds. The van der Waals surface area contributed by atoms with Crippen LogP contribution in [0.25, 0.3) is 21.9 Å².